The Labute approximate surface area is 151 Å². The number of piperidine rings is 1. The highest BCUT2D eigenvalue weighted by Crippen LogP contribution is 2.17. The van der Waals surface area contributed by atoms with E-state index in [1.54, 1.807) is 12.1 Å². The third-order valence-electron chi connectivity index (χ3n) is 4.66. The lowest BCUT2D eigenvalue weighted by molar-refractivity contribution is 0.127. The highest BCUT2D eigenvalue weighted by molar-refractivity contribution is 7.90. The second kappa shape index (κ2) is 8.67. The van der Waals surface area contributed by atoms with Gasteiger partial charge in [-0.1, -0.05) is 38.0 Å². The molecule has 1 saturated heterocycles. The van der Waals surface area contributed by atoms with E-state index in [0.29, 0.717) is 12.5 Å². The van der Waals surface area contributed by atoms with Gasteiger partial charge in [-0.05, 0) is 50.9 Å². The van der Waals surface area contributed by atoms with Gasteiger partial charge in [-0.3, -0.25) is 4.90 Å². The number of urea groups is 1. The van der Waals surface area contributed by atoms with E-state index in [1.807, 2.05) is 6.92 Å². The van der Waals surface area contributed by atoms with Gasteiger partial charge >= 0.3 is 6.03 Å². The maximum Gasteiger partial charge on any atom is 0.328 e. The Morgan fingerprint density at radius 3 is 2.28 bits per heavy atom. The smallest absolute Gasteiger partial charge is 0.328 e. The van der Waals surface area contributed by atoms with Gasteiger partial charge in [-0.2, -0.15) is 0 Å². The molecule has 1 unspecified atom stereocenters. The van der Waals surface area contributed by atoms with E-state index in [4.69, 9.17) is 0 Å². The molecule has 1 fully saturated rings. The molecule has 0 spiro atoms. The highest BCUT2D eigenvalue weighted by atomic mass is 32.2. The molecule has 0 saturated carbocycles. The van der Waals surface area contributed by atoms with Crippen LogP contribution in [0.15, 0.2) is 29.2 Å². The molecule has 0 aliphatic carbocycles. The number of carbonyl (C=O) groups is 1. The van der Waals surface area contributed by atoms with Crippen LogP contribution in [0, 0.1) is 12.8 Å². The summed E-state index contributed by atoms with van der Waals surface area (Å²) < 4.78 is 26.6. The lowest BCUT2D eigenvalue weighted by atomic mass is 9.99. The van der Waals surface area contributed by atoms with Crippen LogP contribution in [0.5, 0.6) is 0 Å². The van der Waals surface area contributed by atoms with Crippen LogP contribution in [0.3, 0.4) is 0 Å². The van der Waals surface area contributed by atoms with Crippen LogP contribution < -0.4 is 10.0 Å². The summed E-state index contributed by atoms with van der Waals surface area (Å²) >= 11 is 0. The minimum Gasteiger partial charge on any atom is -0.336 e. The summed E-state index contributed by atoms with van der Waals surface area (Å²) in [5.74, 6) is 0.382. The second-order valence-corrected chi connectivity index (χ2v) is 8.72. The predicted molar refractivity (Wildman–Crippen MR) is 98.9 cm³/mol. The fourth-order valence-corrected chi connectivity index (χ4v) is 4.10. The lowest BCUT2D eigenvalue weighted by Gasteiger charge is -2.37. The standard InChI is InChI=1S/C18H29N3O3S/c1-14(2)17(21-11-5-4-6-12-21)13-19-18(22)20-25(23,24)16-9-7-15(3)8-10-16/h7-10,14,17H,4-6,11-13H2,1-3H3,(H2,19,20,22). The molecule has 1 aromatic carbocycles. The van der Waals surface area contributed by atoms with Gasteiger partial charge in [-0.25, -0.2) is 17.9 Å². The van der Waals surface area contributed by atoms with Crippen LogP contribution in [0.4, 0.5) is 4.79 Å². The molecule has 0 bridgehead atoms. The van der Waals surface area contributed by atoms with Crippen molar-refractivity contribution in [3.05, 3.63) is 29.8 Å². The molecule has 6 nitrogen and oxygen atoms in total. The summed E-state index contributed by atoms with van der Waals surface area (Å²) in [7, 11) is -3.84. The molecule has 1 atom stereocenters. The molecule has 2 rings (SSSR count). The van der Waals surface area contributed by atoms with E-state index >= 15 is 0 Å². The summed E-state index contributed by atoms with van der Waals surface area (Å²) in [6.45, 7) is 8.64. The zero-order chi connectivity index (χ0) is 18.4. The Kier molecular flexibility index (Phi) is 6.84. The molecule has 140 valence electrons. The van der Waals surface area contributed by atoms with Gasteiger partial charge in [0.15, 0.2) is 0 Å². The number of carbonyl (C=O) groups excluding carboxylic acids is 1. The summed E-state index contributed by atoms with van der Waals surface area (Å²) in [6, 6.07) is 5.94. The first-order valence-corrected chi connectivity index (χ1v) is 10.4. The molecule has 1 aliphatic heterocycles. The van der Waals surface area contributed by atoms with Crippen molar-refractivity contribution in [2.75, 3.05) is 19.6 Å². The van der Waals surface area contributed by atoms with E-state index in [-0.39, 0.29) is 10.9 Å². The summed E-state index contributed by atoms with van der Waals surface area (Å²) in [4.78, 5) is 14.6. The molecule has 0 aromatic heterocycles. The molecule has 1 heterocycles. The Bertz CT molecular complexity index is 665. The number of sulfonamides is 1. The van der Waals surface area contributed by atoms with Crippen molar-refractivity contribution in [1.82, 2.24) is 14.9 Å². The number of amides is 2. The Morgan fingerprint density at radius 1 is 1.12 bits per heavy atom. The van der Waals surface area contributed by atoms with Crippen molar-refractivity contribution in [2.24, 2.45) is 5.92 Å². The minimum atomic E-state index is -3.84. The predicted octanol–water partition coefficient (Wildman–Crippen LogP) is 2.49. The summed E-state index contributed by atoms with van der Waals surface area (Å²) in [5.41, 5.74) is 0.963. The van der Waals surface area contributed by atoms with Crippen molar-refractivity contribution in [3.63, 3.8) is 0 Å². The average Bonchev–Trinajstić information content (AvgIpc) is 2.55. The first kappa shape index (κ1) is 19.7. The monoisotopic (exact) mass is 367 g/mol. The van der Waals surface area contributed by atoms with Crippen LogP contribution in [0.25, 0.3) is 0 Å². The lowest BCUT2D eigenvalue weighted by Crippen LogP contribution is -2.51. The van der Waals surface area contributed by atoms with Crippen LogP contribution in [0.1, 0.15) is 38.7 Å². The van der Waals surface area contributed by atoms with E-state index < -0.39 is 16.1 Å². The van der Waals surface area contributed by atoms with E-state index in [9.17, 15) is 13.2 Å². The van der Waals surface area contributed by atoms with E-state index in [0.717, 1.165) is 18.7 Å². The molecule has 25 heavy (non-hydrogen) atoms. The van der Waals surface area contributed by atoms with Crippen molar-refractivity contribution >= 4 is 16.1 Å². The van der Waals surface area contributed by atoms with Crippen LogP contribution >= 0.6 is 0 Å². The largest absolute Gasteiger partial charge is 0.336 e. The first-order valence-electron chi connectivity index (χ1n) is 8.91. The van der Waals surface area contributed by atoms with Crippen molar-refractivity contribution in [3.8, 4) is 0 Å². The first-order chi connectivity index (χ1) is 11.8. The molecule has 2 amide bonds. The molecule has 1 aliphatic rings. The number of likely N-dealkylation sites (tertiary alicyclic amines) is 1. The molecular formula is C18H29N3O3S. The highest BCUT2D eigenvalue weighted by Gasteiger charge is 2.25. The van der Waals surface area contributed by atoms with Crippen LogP contribution in [0.2, 0.25) is 0 Å². The molecule has 2 N–H and O–H groups in total. The average molecular weight is 368 g/mol. The quantitative estimate of drug-likeness (QED) is 0.810. The fourth-order valence-electron chi connectivity index (χ4n) is 3.17. The number of aryl methyl sites for hydroxylation is 1. The van der Waals surface area contributed by atoms with Gasteiger partial charge < -0.3 is 5.32 Å². The molecule has 1 aromatic rings. The van der Waals surface area contributed by atoms with Gasteiger partial charge in [0.1, 0.15) is 0 Å². The number of benzene rings is 1. The van der Waals surface area contributed by atoms with Gasteiger partial charge in [0.05, 0.1) is 4.90 Å². The van der Waals surface area contributed by atoms with Gasteiger partial charge in [-0.15, -0.1) is 0 Å². The fraction of sp³-hybridized carbons (Fsp3) is 0.611. The van der Waals surface area contributed by atoms with Crippen molar-refractivity contribution in [1.29, 1.82) is 0 Å². The van der Waals surface area contributed by atoms with Crippen molar-refractivity contribution in [2.45, 2.75) is 51.0 Å². The molecule has 7 heteroatoms. The zero-order valence-corrected chi connectivity index (χ0v) is 16.1. The third kappa shape index (κ3) is 5.71. The summed E-state index contributed by atoms with van der Waals surface area (Å²) in [5, 5.41) is 2.73. The number of hydrogen-bond acceptors (Lipinski definition) is 4. The van der Waals surface area contributed by atoms with Gasteiger partial charge in [0.2, 0.25) is 0 Å². The number of rotatable bonds is 6. The number of hydrogen-bond donors (Lipinski definition) is 2. The Hall–Kier alpha value is -1.60. The normalized spacial score (nSPS) is 17.3. The Balaban J connectivity index is 1.93. The van der Waals surface area contributed by atoms with Crippen molar-refractivity contribution < 1.29 is 13.2 Å². The van der Waals surface area contributed by atoms with Gasteiger partial charge in [0.25, 0.3) is 10.0 Å². The van der Waals surface area contributed by atoms with E-state index in [2.05, 4.69) is 28.8 Å². The third-order valence-corrected chi connectivity index (χ3v) is 6.01. The topological polar surface area (TPSA) is 78.5 Å². The van der Waals surface area contributed by atoms with Crippen LogP contribution in [-0.4, -0.2) is 45.0 Å². The summed E-state index contributed by atoms with van der Waals surface area (Å²) in [6.07, 6.45) is 3.61. The SMILES string of the molecule is Cc1ccc(S(=O)(=O)NC(=O)NCC(C(C)C)N2CCCCC2)cc1. The maximum absolute atomic E-state index is 12.3. The van der Waals surface area contributed by atoms with Gasteiger partial charge in [0, 0.05) is 12.6 Å². The maximum atomic E-state index is 12.3. The minimum absolute atomic E-state index is 0.0877. The van der Waals surface area contributed by atoms with E-state index in [1.165, 1.54) is 31.4 Å². The number of nitrogens with zero attached hydrogens (tertiary/aromatic N) is 1. The second-order valence-electron chi connectivity index (χ2n) is 7.04. The van der Waals surface area contributed by atoms with Crippen LogP contribution in [-0.2, 0) is 10.0 Å². The zero-order valence-electron chi connectivity index (χ0n) is 15.3. The molecule has 0 radical (unpaired) electrons. The number of nitrogens with one attached hydrogen (secondary N) is 2. The molecular weight excluding hydrogens is 338 g/mol. The Morgan fingerprint density at radius 2 is 1.72 bits per heavy atom.